The van der Waals surface area contributed by atoms with Crippen LogP contribution in [0.1, 0.15) is 54.4 Å². The number of nitrogens with zero attached hydrogens (tertiary/aromatic N) is 1. The molecule has 1 heterocycles. The molecular formula is C18H23NO3. The number of rotatable bonds is 3. The molecule has 2 aliphatic rings. The van der Waals surface area contributed by atoms with Crippen molar-refractivity contribution in [2.24, 2.45) is 5.41 Å². The number of benzene rings is 1. The van der Waals surface area contributed by atoms with Crippen molar-refractivity contribution in [1.82, 2.24) is 4.90 Å². The molecule has 2 fully saturated rings. The van der Waals surface area contributed by atoms with Crippen LogP contribution in [0.5, 0.6) is 0 Å². The Kier molecular flexibility index (Phi) is 4.19. The molecule has 22 heavy (non-hydrogen) atoms. The number of hydrogen-bond acceptors (Lipinski definition) is 2. The maximum Gasteiger partial charge on any atom is 0.335 e. The van der Waals surface area contributed by atoms with Gasteiger partial charge in [-0.2, -0.15) is 0 Å². The van der Waals surface area contributed by atoms with Crippen molar-refractivity contribution < 1.29 is 14.7 Å². The fourth-order valence-electron chi connectivity index (χ4n) is 3.96. The average Bonchev–Trinajstić information content (AvgIpc) is 2.92. The smallest absolute Gasteiger partial charge is 0.335 e. The van der Waals surface area contributed by atoms with Crippen molar-refractivity contribution in [1.29, 1.82) is 0 Å². The molecule has 1 aromatic rings. The van der Waals surface area contributed by atoms with E-state index in [4.69, 9.17) is 5.11 Å². The summed E-state index contributed by atoms with van der Waals surface area (Å²) in [5, 5.41) is 9.03. The van der Waals surface area contributed by atoms with E-state index in [0.717, 1.165) is 25.1 Å². The van der Waals surface area contributed by atoms with Gasteiger partial charge in [0.15, 0.2) is 0 Å². The molecule has 1 saturated heterocycles. The number of amides is 1. The third-order valence-electron chi connectivity index (χ3n) is 5.23. The van der Waals surface area contributed by atoms with E-state index in [0.29, 0.717) is 11.8 Å². The quantitative estimate of drug-likeness (QED) is 0.933. The Morgan fingerprint density at radius 1 is 1.14 bits per heavy atom. The molecule has 0 bridgehead atoms. The zero-order chi connectivity index (χ0) is 15.6. The third-order valence-corrected chi connectivity index (χ3v) is 5.23. The summed E-state index contributed by atoms with van der Waals surface area (Å²) in [5.41, 5.74) is 1.40. The minimum Gasteiger partial charge on any atom is -0.478 e. The van der Waals surface area contributed by atoms with Crippen LogP contribution in [0, 0.1) is 5.41 Å². The highest BCUT2D eigenvalue weighted by Gasteiger charge is 2.40. The van der Waals surface area contributed by atoms with E-state index >= 15 is 0 Å². The highest BCUT2D eigenvalue weighted by molar-refractivity contribution is 5.88. The molecule has 4 nitrogen and oxygen atoms in total. The van der Waals surface area contributed by atoms with Crippen molar-refractivity contribution in [3.63, 3.8) is 0 Å². The van der Waals surface area contributed by atoms with Crippen molar-refractivity contribution >= 4 is 11.9 Å². The summed E-state index contributed by atoms with van der Waals surface area (Å²) in [4.78, 5) is 25.5. The lowest BCUT2D eigenvalue weighted by atomic mass is 9.73. The lowest BCUT2D eigenvalue weighted by Crippen LogP contribution is -2.34. The normalized spacial score (nSPS) is 20.3. The zero-order valence-electron chi connectivity index (χ0n) is 12.9. The Balaban J connectivity index is 1.63. The van der Waals surface area contributed by atoms with E-state index in [2.05, 4.69) is 0 Å². The summed E-state index contributed by atoms with van der Waals surface area (Å²) >= 11 is 0. The van der Waals surface area contributed by atoms with Gasteiger partial charge < -0.3 is 10.0 Å². The highest BCUT2D eigenvalue weighted by atomic mass is 16.4. The molecule has 1 amide bonds. The van der Waals surface area contributed by atoms with E-state index in [-0.39, 0.29) is 11.5 Å². The van der Waals surface area contributed by atoms with Gasteiger partial charge in [-0.15, -0.1) is 0 Å². The zero-order valence-corrected chi connectivity index (χ0v) is 12.9. The second kappa shape index (κ2) is 6.11. The number of aromatic carboxylic acids is 1. The van der Waals surface area contributed by atoms with Gasteiger partial charge in [-0.05, 0) is 42.4 Å². The maximum absolute atomic E-state index is 12.5. The fraction of sp³-hybridized carbons (Fsp3) is 0.556. The lowest BCUT2D eigenvalue weighted by molar-refractivity contribution is -0.129. The van der Waals surface area contributed by atoms with Gasteiger partial charge in [-0.3, -0.25) is 4.79 Å². The van der Waals surface area contributed by atoms with Crippen LogP contribution in [0.3, 0.4) is 0 Å². The van der Waals surface area contributed by atoms with Crippen LogP contribution in [0.15, 0.2) is 24.3 Å². The van der Waals surface area contributed by atoms with Gasteiger partial charge >= 0.3 is 5.97 Å². The molecule has 1 saturated carbocycles. The molecule has 1 aliphatic carbocycles. The molecule has 4 heteroatoms. The van der Waals surface area contributed by atoms with Crippen LogP contribution in [-0.4, -0.2) is 35.0 Å². The molecule has 0 radical (unpaired) electrons. The van der Waals surface area contributed by atoms with Gasteiger partial charge in [0, 0.05) is 13.1 Å². The van der Waals surface area contributed by atoms with Gasteiger partial charge in [0.2, 0.25) is 5.91 Å². The molecule has 0 aromatic heterocycles. The standard InChI is InChI=1S/C18H23NO3/c20-16(12-14-5-4-6-15(11-14)17(21)22)19-10-9-18(13-19)7-2-1-3-8-18/h4-6,11H,1-3,7-10,12-13H2,(H,21,22). The largest absolute Gasteiger partial charge is 0.478 e. The predicted molar refractivity (Wildman–Crippen MR) is 83.8 cm³/mol. The van der Waals surface area contributed by atoms with Gasteiger partial charge in [-0.1, -0.05) is 31.4 Å². The first-order valence-electron chi connectivity index (χ1n) is 8.18. The molecule has 0 unspecified atom stereocenters. The Morgan fingerprint density at radius 3 is 2.64 bits per heavy atom. The van der Waals surface area contributed by atoms with E-state index in [1.807, 2.05) is 11.0 Å². The Morgan fingerprint density at radius 2 is 1.91 bits per heavy atom. The van der Waals surface area contributed by atoms with Crippen LogP contribution in [0.4, 0.5) is 0 Å². The summed E-state index contributed by atoms with van der Waals surface area (Å²) in [6.07, 6.45) is 7.87. The van der Waals surface area contributed by atoms with Crippen LogP contribution in [0.25, 0.3) is 0 Å². The number of hydrogen-bond donors (Lipinski definition) is 1. The minimum absolute atomic E-state index is 0.130. The highest BCUT2D eigenvalue weighted by Crippen LogP contribution is 2.43. The molecular weight excluding hydrogens is 278 g/mol. The van der Waals surface area contributed by atoms with Crippen molar-refractivity contribution in [2.75, 3.05) is 13.1 Å². The topological polar surface area (TPSA) is 57.6 Å². The fourth-order valence-corrected chi connectivity index (χ4v) is 3.96. The van der Waals surface area contributed by atoms with Crippen molar-refractivity contribution in [3.8, 4) is 0 Å². The third kappa shape index (κ3) is 3.16. The minimum atomic E-state index is -0.948. The maximum atomic E-state index is 12.5. The van der Waals surface area contributed by atoms with Crippen LogP contribution >= 0.6 is 0 Å². The van der Waals surface area contributed by atoms with Crippen LogP contribution < -0.4 is 0 Å². The molecule has 1 N–H and O–H groups in total. The van der Waals surface area contributed by atoms with Crippen LogP contribution in [0.2, 0.25) is 0 Å². The predicted octanol–water partition coefficient (Wildman–Crippen LogP) is 3.11. The van der Waals surface area contributed by atoms with E-state index in [9.17, 15) is 9.59 Å². The van der Waals surface area contributed by atoms with Gasteiger partial charge in [-0.25, -0.2) is 4.79 Å². The monoisotopic (exact) mass is 301 g/mol. The van der Waals surface area contributed by atoms with Crippen molar-refractivity contribution in [2.45, 2.75) is 44.9 Å². The molecule has 1 aromatic carbocycles. The van der Waals surface area contributed by atoms with Gasteiger partial charge in [0.25, 0.3) is 0 Å². The van der Waals surface area contributed by atoms with E-state index < -0.39 is 5.97 Å². The first-order valence-corrected chi connectivity index (χ1v) is 8.18. The molecule has 0 atom stereocenters. The Bertz CT molecular complexity index is 575. The molecule has 1 aliphatic heterocycles. The van der Waals surface area contributed by atoms with E-state index in [1.165, 1.54) is 32.1 Å². The van der Waals surface area contributed by atoms with Gasteiger partial charge in [0.1, 0.15) is 0 Å². The molecule has 1 spiro atoms. The summed E-state index contributed by atoms with van der Waals surface area (Å²) in [6, 6.07) is 6.70. The van der Waals surface area contributed by atoms with Gasteiger partial charge in [0.05, 0.1) is 12.0 Å². The summed E-state index contributed by atoms with van der Waals surface area (Å²) in [6.45, 7) is 1.75. The average molecular weight is 301 g/mol. The number of carbonyl (C=O) groups is 2. The van der Waals surface area contributed by atoms with Crippen LogP contribution in [-0.2, 0) is 11.2 Å². The van der Waals surface area contributed by atoms with E-state index in [1.54, 1.807) is 18.2 Å². The second-order valence-corrected chi connectivity index (χ2v) is 6.81. The number of carboxylic acid groups (broad SMARTS) is 1. The molecule has 3 rings (SSSR count). The summed E-state index contributed by atoms with van der Waals surface area (Å²) in [5.74, 6) is -0.818. The Labute approximate surface area is 131 Å². The number of carbonyl (C=O) groups excluding carboxylic acids is 1. The number of carboxylic acids is 1. The lowest BCUT2D eigenvalue weighted by Gasteiger charge is -2.33. The Hall–Kier alpha value is -1.84. The SMILES string of the molecule is O=C(O)c1cccc(CC(=O)N2CCC3(CCCCC3)C2)c1. The summed E-state index contributed by atoms with van der Waals surface area (Å²) < 4.78 is 0. The molecule has 118 valence electrons. The second-order valence-electron chi connectivity index (χ2n) is 6.81. The first kappa shape index (κ1) is 15.1. The van der Waals surface area contributed by atoms with Crippen molar-refractivity contribution in [3.05, 3.63) is 35.4 Å². The number of likely N-dealkylation sites (tertiary alicyclic amines) is 1. The first-order chi connectivity index (χ1) is 10.6. The summed E-state index contributed by atoms with van der Waals surface area (Å²) in [7, 11) is 0.